The van der Waals surface area contributed by atoms with E-state index < -0.39 is 0 Å². The maximum atomic E-state index is 12.2. The van der Waals surface area contributed by atoms with Gasteiger partial charge in [-0.1, -0.05) is 55.0 Å². The van der Waals surface area contributed by atoms with Gasteiger partial charge in [-0.25, -0.2) is 4.98 Å². The van der Waals surface area contributed by atoms with Gasteiger partial charge in [0.2, 0.25) is 5.91 Å². The molecular formula is C29H33N3O2. The van der Waals surface area contributed by atoms with Crippen LogP contribution < -0.4 is 10.1 Å². The third-order valence-corrected chi connectivity index (χ3v) is 6.24. The number of nitrogens with zero attached hydrogens (tertiary/aromatic N) is 2. The number of methoxy groups -OCH3 is 1. The first-order chi connectivity index (χ1) is 16.6. The summed E-state index contributed by atoms with van der Waals surface area (Å²) in [4.78, 5) is 17.2. The normalized spacial score (nSPS) is 11.0. The molecule has 0 radical (unpaired) electrons. The van der Waals surface area contributed by atoms with Crippen LogP contribution in [-0.2, 0) is 24.2 Å². The second-order valence-electron chi connectivity index (χ2n) is 8.71. The van der Waals surface area contributed by atoms with Crippen molar-refractivity contribution >= 4 is 16.9 Å². The van der Waals surface area contributed by atoms with Gasteiger partial charge in [0.15, 0.2) is 0 Å². The fraction of sp³-hybridized carbons (Fsp3) is 0.310. The minimum atomic E-state index is 0.0931. The zero-order valence-electron chi connectivity index (χ0n) is 20.1. The molecule has 0 saturated heterocycles. The zero-order chi connectivity index (χ0) is 23.8. The fourth-order valence-corrected chi connectivity index (χ4v) is 4.26. The van der Waals surface area contributed by atoms with Gasteiger partial charge in [0, 0.05) is 19.5 Å². The molecule has 5 heteroatoms. The van der Waals surface area contributed by atoms with Crippen LogP contribution in [0.1, 0.15) is 41.8 Å². The molecule has 4 aromatic rings. The first kappa shape index (κ1) is 23.6. The Bertz CT molecular complexity index is 1230. The summed E-state index contributed by atoms with van der Waals surface area (Å²) < 4.78 is 7.61. The number of para-hydroxylation sites is 2. The molecule has 1 aromatic heterocycles. The molecule has 0 saturated carbocycles. The van der Waals surface area contributed by atoms with Crippen molar-refractivity contribution in [3.05, 3.63) is 95.3 Å². The first-order valence-electron chi connectivity index (χ1n) is 12.0. The van der Waals surface area contributed by atoms with E-state index in [1.807, 2.05) is 49.4 Å². The number of fused-ring (bicyclic) bond motifs is 1. The summed E-state index contributed by atoms with van der Waals surface area (Å²) in [7, 11) is 1.69. The number of hydrogen-bond acceptors (Lipinski definition) is 3. The lowest BCUT2D eigenvalue weighted by atomic mass is 10.1. The second-order valence-corrected chi connectivity index (χ2v) is 8.71. The molecule has 0 fully saturated rings. The van der Waals surface area contributed by atoms with E-state index in [0.717, 1.165) is 66.0 Å². The maximum absolute atomic E-state index is 12.2. The number of aromatic nitrogens is 2. The Balaban J connectivity index is 1.29. The van der Waals surface area contributed by atoms with Crippen LogP contribution in [0.5, 0.6) is 5.75 Å². The number of hydrogen-bond donors (Lipinski definition) is 1. The number of nitrogens with one attached hydrogen (secondary N) is 1. The van der Waals surface area contributed by atoms with Gasteiger partial charge in [-0.3, -0.25) is 4.79 Å². The van der Waals surface area contributed by atoms with E-state index in [1.165, 1.54) is 5.56 Å². The van der Waals surface area contributed by atoms with Gasteiger partial charge in [-0.15, -0.1) is 0 Å². The van der Waals surface area contributed by atoms with Crippen LogP contribution in [0.3, 0.4) is 0 Å². The highest BCUT2D eigenvalue weighted by Gasteiger charge is 2.11. The number of carbonyl (C=O) groups excluding carboxylic acids is 1. The molecule has 5 nitrogen and oxygen atoms in total. The molecule has 34 heavy (non-hydrogen) atoms. The third kappa shape index (κ3) is 6.04. The zero-order valence-corrected chi connectivity index (χ0v) is 20.1. The molecule has 0 aliphatic heterocycles. The number of amides is 1. The number of ether oxygens (including phenoxy) is 1. The van der Waals surface area contributed by atoms with E-state index in [1.54, 1.807) is 7.11 Å². The smallest absolute Gasteiger partial charge is 0.224 e. The van der Waals surface area contributed by atoms with Crippen molar-refractivity contribution in [2.24, 2.45) is 0 Å². The summed E-state index contributed by atoms with van der Waals surface area (Å²) in [6.45, 7) is 3.55. The average molecular weight is 456 g/mol. The lowest BCUT2D eigenvalue weighted by molar-refractivity contribution is -0.120. The summed E-state index contributed by atoms with van der Waals surface area (Å²) >= 11 is 0. The van der Waals surface area contributed by atoms with Crippen molar-refractivity contribution < 1.29 is 9.53 Å². The molecule has 1 N–H and O–H groups in total. The summed E-state index contributed by atoms with van der Waals surface area (Å²) in [5.74, 6) is 2.07. The fourth-order valence-electron chi connectivity index (χ4n) is 4.26. The standard InChI is InChI=1S/C29H33N3O2/c1-22-10-5-6-11-24(22)20-29(33)30-19-9-3-4-14-28-31-26-12-7-8-13-27(26)32(28)21-23-15-17-25(34-2)18-16-23/h5-8,10-13,15-18H,3-4,9,14,19-21H2,1-2H3,(H,30,33). The lowest BCUT2D eigenvalue weighted by Crippen LogP contribution is -2.26. The monoisotopic (exact) mass is 455 g/mol. The minimum Gasteiger partial charge on any atom is -0.497 e. The molecule has 0 unspecified atom stereocenters. The van der Waals surface area contributed by atoms with Gasteiger partial charge >= 0.3 is 0 Å². The predicted octanol–water partition coefficient (Wildman–Crippen LogP) is 5.47. The molecule has 4 rings (SSSR count). The van der Waals surface area contributed by atoms with Crippen molar-refractivity contribution in [3.8, 4) is 5.75 Å². The Labute approximate surface area is 201 Å². The van der Waals surface area contributed by atoms with E-state index in [-0.39, 0.29) is 5.91 Å². The summed E-state index contributed by atoms with van der Waals surface area (Å²) in [6.07, 6.45) is 4.43. The van der Waals surface area contributed by atoms with Crippen LogP contribution in [-0.4, -0.2) is 29.1 Å². The second kappa shape index (κ2) is 11.5. The highest BCUT2D eigenvalue weighted by molar-refractivity contribution is 5.79. The molecule has 1 heterocycles. The lowest BCUT2D eigenvalue weighted by Gasteiger charge is -2.11. The average Bonchev–Trinajstić information content (AvgIpc) is 3.20. The summed E-state index contributed by atoms with van der Waals surface area (Å²) in [5, 5.41) is 3.06. The van der Waals surface area contributed by atoms with E-state index in [2.05, 4.69) is 40.2 Å². The van der Waals surface area contributed by atoms with Crippen LogP contribution >= 0.6 is 0 Å². The molecule has 0 spiro atoms. The van der Waals surface area contributed by atoms with Crippen LogP contribution in [0.25, 0.3) is 11.0 Å². The number of imidazole rings is 1. The Kier molecular flexibility index (Phi) is 7.97. The van der Waals surface area contributed by atoms with Crippen LogP contribution in [0.4, 0.5) is 0 Å². The Hall–Kier alpha value is -3.60. The molecule has 0 atom stereocenters. The van der Waals surface area contributed by atoms with Gasteiger partial charge < -0.3 is 14.6 Å². The highest BCUT2D eigenvalue weighted by atomic mass is 16.5. The van der Waals surface area contributed by atoms with Crippen molar-refractivity contribution in [1.82, 2.24) is 14.9 Å². The highest BCUT2D eigenvalue weighted by Crippen LogP contribution is 2.21. The summed E-state index contributed by atoms with van der Waals surface area (Å²) in [6, 6.07) is 24.6. The van der Waals surface area contributed by atoms with Gasteiger partial charge in [0.05, 0.1) is 24.6 Å². The molecule has 0 bridgehead atoms. The van der Waals surface area contributed by atoms with Crippen molar-refractivity contribution in [2.75, 3.05) is 13.7 Å². The Morgan fingerprint density at radius 2 is 1.71 bits per heavy atom. The van der Waals surface area contributed by atoms with Gasteiger partial charge in [0.1, 0.15) is 11.6 Å². The number of rotatable bonds is 11. The van der Waals surface area contributed by atoms with E-state index in [0.29, 0.717) is 13.0 Å². The van der Waals surface area contributed by atoms with Gasteiger partial charge in [-0.2, -0.15) is 0 Å². The van der Waals surface area contributed by atoms with E-state index in [4.69, 9.17) is 9.72 Å². The Morgan fingerprint density at radius 1 is 0.941 bits per heavy atom. The predicted molar refractivity (Wildman–Crippen MR) is 137 cm³/mol. The molecule has 0 aliphatic carbocycles. The topological polar surface area (TPSA) is 56.1 Å². The molecule has 3 aromatic carbocycles. The number of carbonyl (C=O) groups is 1. The number of benzene rings is 3. The molecule has 0 aliphatic rings. The third-order valence-electron chi connectivity index (χ3n) is 6.24. The van der Waals surface area contributed by atoms with Gasteiger partial charge in [-0.05, 0) is 60.7 Å². The van der Waals surface area contributed by atoms with Crippen molar-refractivity contribution in [3.63, 3.8) is 0 Å². The van der Waals surface area contributed by atoms with Crippen molar-refractivity contribution in [1.29, 1.82) is 0 Å². The van der Waals surface area contributed by atoms with Crippen molar-refractivity contribution in [2.45, 2.75) is 45.6 Å². The largest absolute Gasteiger partial charge is 0.497 e. The summed E-state index contributed by atoms with van der Waals surface area (Å²) in [5.41, 5.74) is 5.68. The maximum Gasteiger partial charge on any atom is 0.224 e. The Morgan fingerprint density at radius 3 is 2.50 bits per heavy atom. The SMILES string of the molecule is COc1ccc(Cn2c(CCCCCNC(=O)Cc3ccccc3C)nc3ccccc32)cc1. The van der Waals surface area contributed by atoms with Gasteiger partial charge in [0.25, 0.3) is 0 Å². The van der Waals surface area contributed by atoms with E-state index >= 15 is 0 Å². The van der Waals surface area contributed by atoms with Crippen LogP contribution in [0, 0.1) is 6.92 Å². The first-order valence-corrected chi connectivity index (χ1v) is 12.0. The number of unbranched alkanes of at least 4 members (excludes halogenated alkanes) is 2. The number of aryl methyl sites for hydroxylation is 2. The quantitative estimate of drug-likeness (QED) is 0.305. The minimum absolute atomic E-state index is 0.0931. The molecule has 176 valence electrons. The molecule has 1 amide bonds. The van der Waals surface area contributed by atoms with Crippen LogP contribution in [0.15, 0.2) is 72.8 Å². The van der Waals surface area contributed by atoms with E-state index in [9.17, 15) is 4.79 Å². The molecular weight excluding hydrogens is 422 g/mol. The van der Waals surface area contributed by atoms with Crippen LogP contribution in [0.2, 0.25) is 0 Å².